The van der Waals surface area contributed by atoms with Gasteiger partial charge in [-0.05, 0) is 65.8 Å². The van der Waals surface area contributed by atoms with Crippen LogP contribution in [-0.4, -0.2) is 156 Å². The first-order valence-corrected chi connectivity index (χ1v) is 24.4. The Morgan fingerprint density at radius 2 is 0.983 bits per heavy atom. The minimum atomic E-state index is -3.96. The first-order chi connectivity index (χ1) is 27.9. The van der Waals surface area contributed by atoms with Crippen LogP contribution in [0.15, 0.2) is 58.3 Å². The van der Waals surface area contributed by atoms with Crippen molar-refractivity contribution < 1.29 is 62.9 Å². The number of aryl methyl sites for hydroxylation is 2. The Hall–Kier alpha value is -3.30. The van der Waals surface area contributed by atoms with E-state index in [0.29, 0.717) is 52.3 Å². The van der Waals surface area contributed by atoms with Gasteiger partial charge in [-0.25, -0.2) is 0 Å². The number of carbonyl (C=O) groups is 3. The molecule has 2 N–H and O–H groups in total. The molecule has 0 aromatic heterocycles. The predicted molar refractivity (Wildman–Crippen MR) is 222 cm³/mol. The molecule has 0 heterocycles. The SMILES string of the molecule is CCOC(=O)CN(CCOS(=O)(=O)c1ccc(C)cc1)CCOS(=O)(=O)c1ccc(C)cc1.CCOC(=O)CNCCN(CCNCC(=O)OCC)CP(C)(=O)OCC. The van der Waals surface area contributed by atoms with Gasteiger partial charge in [0.1, 0.15) is 0 Å². The minimum absolute atomic E-state index is 0.0255. The van der Waals surface area contributed by atoms with Crippen molar-refractivity contribution in [1.82, 2.24) is 20.4 Å². The lowest BCUT2D eigenvalue weighted by Gasteiger charge is -2.25. The highest BCUT2D eigenvalue weighted by Gasteiger charge is 2.21. The lowest BCUT2D eigenvalue weighted by atomic mass is 10.2. The summed E-state index contributed by atoms with van der Waals surface area (Å²) >= 11 is 0. The van der Waals surface area contributed by atoms with Gasteiger partial charge in [-0.1, -0.05) is 35.4 Å². The Balaban J connectivity index is 0.000000609. The molecule has 1 unspecified atom stereocenters. The molecule has 0 fully saturated rings. The first-order valence-electron chi connectivity index (χ1n) is 19.3. The fraction of sp³-hybridized carbons (Fsp3) is 0.605. The maximum absolute atomic E-state index is 12.4. The molecule has 0 aliphatic heterocycles. The van der Waals surface area contributed by atoms with Crippen molar-refractivity contribution in [3.8, 4) is 0 Å². The van der Waals surface area contributed by atoms with Gasteiger partial charge in [0.25, 0.3) is 20.2 Å². The molecule has 0 amide bonds. The van der Waals surface area contributed by atoms with Crippen LogP contribution in [0.3, 0.4) is 0 Å². The standard InChI is InChI=1S/C22H29NO8S2.C16H34N3O6P/c1-4-29-22(24)17-23(13-15-30-32(25,26)20-9-5-18(2)6-10-20)14-16-31-33(27,28)21-11-7-19(3)8-12-21;1-5-23-15(20)12-17-8-10-19(14-26(4,22)25-7-3)11-9-18-13-16(21)24-6-2/h5-12H,4,13-17H2,1-3H3;17-18H,5-14H2,1-4H3. The van der Waals surface area contributed by atoms with E-state index in [1.165, 1.54) is 29.2 Å². The second-order valence-corrected chi connectivity index (χ2v) is 18.7. The molecule has 0 bridgehead atoms. The van der Waals surface area contributed by atoms with E-state index in [1.807, 2.05) is 25.7 Å². The van der Waals surface area contributed by atoms with Crippen LogP contribution in [-0.2, 0) is 66.3 Å². The van der Waals surface area contributed by atoms with Crippen molar-refractivity contribution in [1.29, 1.82) is 0 Å². The second-order valence-electron chi connectivity index (χ2n) is 12.9. The Morgan fingerprint density at radius 3 is 1.36 bits per heavy atom. The first kappa shape index (κ1) is 53.7. The molecule has 0 radical (unpaired) electrons. The number of ether oxygens (including phenoxy) is 3. The molecule has 0 saturated heterocycles. The zero-order valence-electron chi connectivity index (χ0n) is 35.3. The number of carbonyl (C=O) groups excluding carboxylic acids is 3. The lowest BCUT2D eigenvalue weighted by Crippen LogP contribution is -2.39. The number of hydrogen-bond donors (Lipinski definition) is 2. The van der Waals surface area contributed by atoms with Gasteiger partial charge >= 0.3 is 17.9 Å². The quantitative estimate of drug-likeness (QED) is 0.0394. The predicted octanol–water partition coefficient (Wildman–Crippen LogP) is 2.78. The molecule has 0 aliphatic carbocycles. The third-order valence-corrected chi connectivity index (χ3v) is 12.2. The molecular weight excluding hydrogens is 832 g/mol. The Labute approximate surface area is 350 Å². The smallest absolute Gasteiger partial charge is 0.320 e. The highest BCUT2D eigenvalue weighted by atomic mass is 32.2. The van der Waals surface area contributed by atoms with Crippen LogP contribution in [0.1, 0.15) is 38.8 Å². The zero-order chi connectivity index (χ0) is 44.3. The summed E-state index contributed by atoms with van der Waals surface area (Å²) in [4.78, 5) is 38.1. The number of esters is 3. The number of hydrogen-bond acceptors (Lipinski definition) is 18. The molecular formula is C38H63N4O14PS2. The van der Waals surface area contributed by atoms with Crippen molar-refractivity contribution in [2.45, 2.75) is 51.3 Å². The molecule has 2 rings (SSSR count). The Bertz CT molecular complexity index is 1690. The van der Waals surface area contributed by atoms with Gasteiger partial charge in [-0.15, -0.1) is 0 Å². The Morgan fingerprint density at radius 1 is 0.593 bits per heavy atom. The third kappa shape index (κ3) is 24.5. The number of nitrogens with zero attached hydrogens (tertiary/aromatic N) is 2. The molecule has 336 valence electrons. The van der Waals surface area contributed by atoms with E-state index in [4.69, 9.17) is 27.1 Å². The fourth-order valence-corrected chi connectivity index (χ4v) is 8.40. The molecule has 0 saturated carbocycles. The van der Waals surface area contributed by atoms with Crippen molar-refractivity contribution >= 4 is 45.5 Å². The zero-order valence-corrected chi connectivity index (χ0v) is 37.8. The van der Waals surface area contributed by atoms with E-state index in [2.05, 4.69) is 10.6 Å². The van der Waals surface area contributed by atoms with Crippen LogP contribution in [0, 0.1) is 13.8 Å². The summed E-state index contributed by atoms with van der Waals surface area (Å²) in [6.45, 7) is 15.5. The van der Waals surface area contributed by atoms with Crippen molar-refractivity contribution in [2.24, 2.45) is 0 Å². The normalized spacial score (nSPS) is 12.7. The number of benzene rings is 2. The fourth-order valence-electron chi connectivity index (χ4n) is 4.97. The van der Waals surface area contributed by atoms with Gasteiger partial charge in [-0.2, -0.15) is 16.8 Å². The Kier molecular flexibility index (Phi) is 26.4. The maximum atomic E-state index is 12.4. The van der Waals surface area contributed by atoms with Crippen molar-refractivity contribution in [3.05, 3.63) is 59.7 Å². The maximum Gasteiger partial charge on any atom is 0.320 e. The molecule has 1 atom stereocenters. The van der Waals surface area contributed by atoms with E-state index in [1.54, 1.807) is 51.7 Å². The van der Waals surface area contributed by atoms with Crippen LogP contribution < -0.4 is 10.6 Å². The molecule has 59 heavy (non-hydrogen) atoms. The van der Waals surface area contributed by atoms with E-state index in [9.17, 15) is 35.8 Å². The number of nitrogens with one attached hydrogen (secondary N) is 2. The molecule has 0 aliphatic rings. The monoisotopic (exact) mass is 894 g/mol. The minimum Gasteiger partial charge on any atom is -0.465 e. The van der Waals surface area contributed by atoms with Crippen molar-refractivity contribution in [2.75, 3.05) is 111 Å². The molecule has 21 heteroatoms. The van der Waals surface area contributed by atoms with E-state index in [0.717, 1.165) is 11.1 Å². The number of rotatable bonds is 29. The van der Waals surface area contributed by atoms with Gasteiger partial charge in [0.15, 0.2) is 0 Å². The van der Waals surface area contributed by atoms with Gasteiger partial charge in [0.2, 0.25) is 7.37 Å². The highest BCUT2D eigenvalue weighted by Crippen LogP contribution is 2.42. The van der Waals surface area contributed by atoms with E-state index in [-0.39, 0.29) is 74.3 Å². The average molecular weight is 895 g/mol. The summed E-state index contributed by atoms with van der Waals surface area (Å²) in [5, 5.41) is 6.00. The summed E-state index contributed by atoms with van der Waals surface area (Å²) in [7, 11) is -10.6. The summed E-state index contributed by atoms with van der Waals surface area (Å²) in [6, 6.07) is 12.4. The molecule has 2 aromatic carbocycles. The van der Waals surface area contributed by atoms with E-state index < -0.39 is 33.6 Å². The third-order valence-electron chi connectivity index (χ3n) is 7.79. The molecule has 2 aromatic rings. The van der Waals surface area contributed by atoms with Gasteiger partial charge in [0, 0.05) is 45.9 Å². The second kappa shape index (κ2) is 29.0. The molecule has 0 spiro atoms. The average Bonchev–Trinajstić information content (AvgIpc) is 3.15. The van der Waals surface area contributed by atoms with E-state index >= 15 is 0 Å². The summed E-state index contributed by atoms with van der Waals surface area (Å²) in [6.07, 6.45) is 0.309. The van der Waals surface area contributed by atoms with Crippen molar-refractivity contribution in [3.63, 3.8) is 0 Å². The summed E-state index contributed by atoms with van der Waals surface area (Å²) < 4.78 is 91.9. The summed E-state index contributed by atoms with van der Waals surface area (Å²) in [5.74, 6) is -1.13. The van der Waals surface area contributed by atoms with Gasteiger partial charge in [-0.3, -0.25) is 37.1 Å². The largest absolute Gasteiger partial charge is 0.465 e. The summed E-state index contributed by atoms with van der Waals surface area (Å²) in [5.41, 5.74) is 1.82. The van der Waals surface area contributed by atoms with Crippen LogP contribution in [0.5, 0.6) is 0 Å². The molecule has 18 nitrogen and oxygen atoms in total. The van der Waals surface area contributed by atoms with Crippen LogP contribution in [0.25, 0.3) is 0 Å². The lowest BCUT2D eigenvalue weighted by molar-refractivity contribution is -0.145. The van der Waals surface area contributed by atoms with Crippen LogP contribution in [0.4, 0.5) is 0 Å². The van der Waals surface area contributed by atoms with Gasteiger partial charge in [0.05, 0.1) is 75.4 Å². The highest BCUT2D eigenvalue weighted by molar-refractivity contribution is 7.87. The van der Waals surface area contributed by atoms with Gasteiger partial charge < -0.3 is 29.4 Å². The van der Waals surface area contributed by atoms with Crippen LogP contribution in [0.2, 0.25) is 0 Å². The van der Waals surface area contributed by atoms with Crippen LogP contribution >= 0.6 is 7.37 Å². The topological polar surface area (TPSA) is 222 Å².